The molecule has 3 nitrogen and oxygen atoms in total. The van der Waals surface area contributed by atoms with Crippen LogP contribution in [0, 0.1) is 15.8 Å². The molecule has 0 aromatic rings. The summed E-state index contributed by atoms with van der Waals surface area (Å²) in [4.78, 5) is 25.7. The first-order valence-electron chi connectivity index (χ1n) is 5.76. The lowest BCUT2D eigenvalue weighted by Crippen LogP contribution is -2.21. The molecule has 2 aliphatic rings. The second-order valence-electron chi connectivity index (χ2n) is 4.29. The van der Waals surface area contributed by atoms with Crippen LogP contribution in [0.25, 0.3) is 0 Å². The SMILES string of the molecule is O=C1CCCCC1C1=CCCCC1.O=O. The maximum atomic E-state index is 11.7. The summed E-state index contributed by atoms with van der Waals surface area (Å²) in [6.07, 6.45) is 11.7. The Balaban J connectivity index is 0.000000531. The standard InChI is InChI=1S/C12H18O.O2/c13-12-9-5-4-8-11(12)10-6-2-1-3-7-10;1-2/h6,11H,1-5,7-9H2;. The zero-order chi connectivity index (χ0) is 11.1. The van der Waals surface area contributed by atoms with E-state index in [9.17, 15) is 4.79 Å². The van der Waals surface area contributed by atoms with E-state index in [1.807, 2.05) is 0 Å². The first-order valence-corrected chi connectivity index (χ1v) is 5.76. The Labute approximate surface area is 90.2 Å². The Hall–Kier alpha value is -0.990. The predicted octanol–water partition coefficient (Wildman–Crippen LogP) is 3.31. The van der Waals surface area contributed by atoms with Crippen LogP contribution in [0.2, 0.25) is 0 Å². The number of carbonyl (C=O) groups is 1. The minimum Gasteiger partial charge on any atom is -0.299 e. The van der Waals surface area contributed by atoms with E-state index >= 15 is 0 Å². The van der Waals surface area contributed by atoms with Crippen LogP contribution >= 0.6 is 0 Å². The zero-order valence-electron chi connectivity index (χ0n) is 9.04. The van der Waals surface area contributed by atoms with Crippen LogP contribution in [-0.4, -0.2) is 5.78 Å². The third-order valence-electron chi connectivity index (χ3n) is 3.33. The van der Waals surface area contributed by atoms with Crippen LogP contribution in [0.15, 0.2) is 11.6 Å². The van der Waals surface area contributed by atoms with Gasteiger partial charge in [-0.05, 0) is 38.5 Å². The first kappa shape index (κ1) is 12.1. The quantitative estimate of drug-likeness (QED) is 0.624. The molecule has 0 saturated heterocycles. The van der Waals surface area contributed by atoms with E-state index in [4.69, 9.17) is 9.93 Å². The van der Waals surface area contributed by atoms with Gasteiger partial charge in [0.25, 0.3) is 0 Å². The summed E-state index contributed by atoms with van der Waals surface area (Å²) in [5.74, 6) is 0.841. The maximum Gasteiger partial charge on any atom is 0.139 e. The molecule has 1 unspecified atom stereocenters. The summed E-state index contributed by atoms with van der Waals surface area (Å²) >= 11 is 0. The number of hydrogen-bond donors (Lipinski definition) is 0. The van der Waals surface area contributed by atoms with E-state index in [1.165, 1.54) is 37.7 Å². The fourth-order valence-corrected chi connectivity index (χ4v) is 2.55. The van der Waals surface area contributed by atoms with Gasteiger partial charge in [0.05, 0.1) is 0 Å². The number of carbonyl (C=O) groups excluding carboxylic acids is 1. The molecular weight excluding hydrogens is 192 g/mol. The Morgan fingerprint density at radius 2 is 1.73 bits per heavy atom. The van der Waals surface area contributed by atoms with E-state index < -0.39 is 0 Å². The molecule has 3 heteroatoms. The number of ketones is 1. The molecule has 0 spiro atoms. The number of allylic oxidation sites excluding steroid dienone is 2. The summed E-state index contributed by atoms with van der Waals surface area (Å²) in [7, 11) is 0. The highest BCUT2D eigenvalue weighted by Gasteiger charge is 2.25. The second kappa shape index (κ2) is 6.49. The van der Waals surface area contributed by atoms with Crippen LogP contribution in [0.4, 0.5) is 0 Å². The van der Waals surface area contributed by atoms with Gasteiger partial charge < -0.3 is 0 Å². The van der Waals surface area contributed by atoms with Crippen LogP contribution in [0.3, 0.4) is 0 Å². The third kappa shape index (κ3) is 3.26. The average Bonchev–Trinajstić information content (AvgIpc) is 2.33. The van der Waals surface area contributed by atoms with Gasteiger partial charge in [0, 0.05) is 22.3 Å². The van der Waals surface area contributed by atoms with Crippen LogP contribution in [-0.2, 0) is 4.79 Å². The van der Waals surface area contributed by atoms with Gasteiger partial charge in [-0.3, -0.25) is 4.79 Å². The van der Waals surface area contributed by atoms with Crippen molar-refractivity contribution >= 4 is 5.78 Å². The molecule has 2 rings (SSSR count). The molecule has 2 aliphatic carbocycles. The highest BCUT2D eigenvalue weighted by atomic mass is 16.7. The molecule has 1 atom stereocenters. The minimum absolute atomic E-state index is 0.328. The zero-order valence-corrected chi connectivity index (χ0v) is 9.04. The Morgan fingerprint density at radius 3 is 2.33 bits per heavy atom. The summed E-state index contributed by atoms with van der Waals surface area (Å²) in [6, 6.07) is 0. The smallest absolute Gasteiger partial charge is 0.139 e. The van der Waals surface area contributed by atoms with Gasteiger partial charge >= 0.3 is 0 Å². The molecule has 1 saturated carbocycles. The fourth-order valence-electron chi connectivity index (χ4n) is 2.55. The van der Waals surface area contributed by atoms with Crippen molar-refractivity contribution < 1.29 is 4.79 Å². The van der Waals surface area contributed by atoms with Crippen LogP contribution in [0.5, 0.6) is 0 Å². The molecule has 84 valence electrons. The van der Waals surface area contributed by atoms with Crippen molar-refractivity contribution in [2.45, 2.75) is 51.4 Å². The van der Waals surface area contributed by atoms with E-state index in [0.29, 0.717) is 11.7 Å². The maximum absolute atomic E-state index is 11.7. The highest BCUT2D eigenvalue weighted by Crippen LogP contribution is 2.32. The van der Waals surface area contributed by atoms with Crippen molar-refractivity contribution in [2.75, 3.05) is 0 Å². The topological polar surface area (TPSA) is 51.2 Å². The molecular formula is C12H18O3. The molecule has 0 aromatic carbocycles. The average molecular weight is 210 g/mol. The summed E-state index contributed by atoms with van der Waals surface area (Å²) in [5.41, 5.74) is 1.47. The largest absolute Gasteiger partial charge is 0.299 e. The Morgan fingerprint density at radius 1 is 1.00 bits per heavy atom. The summed E-state index contributed by atoms with van der Waals surface area (Å²) in [5, 5.41) is 0. The summed E-state index contributed by atoms with van der Waals surface area (Å²) in [6.45, 7) is 0. The second-order valence-corrected chi connectivity index (χ2v) is 4.29. The highest BCUT2D eigenvalue weighted by molar-refractivity contribution is 5.84. The van der Waals surface area contributed by atoms with Crippen LogP contribution in [0.1, 0.15) is 51.4 Å². The minimum atomic E-state index is 0.328. The Bertz CT molecular complexity index is 245. The van der Waals surface area contributed by atoms with Gasteiger partial charge in [0.15, 0.2) is 0 Å². The van der Waals surface area contributed by atoms with E-state index in [1.54, 1.807) is 0 Å². The molecule has 0 N–H and O–H groups in total. The number of rotatable bonds is 1. The first-order chi connectivity index (χ1) is 7.38. The van der Waals surface area contributed by atoms with E-state index in [2.05, 4.69) is 6.08 Å². The molecule has 0 radical (unpaired) electrons. The van der Waals surface area contributed by atoms with Crippen molar-refractivity contribution in [3.05, 3.63) is 21.6 Å². The fraction of sp³-hybridized carbons (Fsp3) is 0.750. The normalized spacial score (nSPS) is 26.3. The third-order valence-corrected chi connectivity index (χ3v) is 3.33. The van der Waals surface area contributed by atoms with Crippen molar-refractivity contribution in [3.8, 4) is 0 Å². The van der Waals surface area contributed by atoms with Gasteiger partial charge in [-0.1, -0.05) is 18.1 Å². The van der Waals surface area contributed by atoms with E-state index in [-0.39, 0.29) is 0 Å². The molecule has 0 aliphatic heterocycles. The van der Waals surface area contributed by atoms with Gasteiger partial charge in [0.2, 0.25) is 0 Å². The lowest BCUT2D eigenvalue weighted by Gasteiger charge is -2.25. The molecule has 0 aromatic heterocycles. The molecule has 0 amide bonds. The van der Waals surface area contributed by atoms with Crippen molar-refractivity contribution in [3.63, 3.8) is 0 Å². The monoisotopic (exact) mass is 210 g/mol. The molecule has 0 bridgehead atoms. The molecule has 15 heavy (non-hydrogen) atoms. The predicted molar refractivity (Wildman–Crippen MR) is 60.3 cm³/mol. The van der Waals surface area contributed by atoms with Crippen LogP contribution < -0.4 is 0 Å². The lowest BCUT2D eigenvalue weighted by molar-refractivity contribution is -0.123. The summed E-state index contributed by atoms with van der Waals surface area (Å²) < 4.78 is 0. The lowest BCUT2D eigenvalue weighted by atomic mass is 9.79. The van der Waals surface area contributed by atoms with Gasteiger partial charge in [-0.15, -0.1) is 0 Å². The van der Waals surface area contributed by atoms with Gasteiger partial charge in [-0.2, -0.15) is 0 Å². The molecule has 1 fully saturated rings. The van der Waals surface area contributed by atoms with Gasteiger partial charge in [-0.25, -0.2) is 0 Å². The Kier molecular flexibility index (Phi) is 5.22. The van der Waals surface area contributed by atoms with Crippen molar-refractivity contribution in [1.82, 2.24) is 0 Å². The van der Waals surface area contributed by atoms with E-state index in [0.717, 1.165) is 19.3 Å². The van der Waals surface area contributed by atoms with Gasteiger partial charge in [0.1, 0.15) is 5.78 Å². The molecule has 0 heterocycles. The number of hydrogen-bond acceptors (Lipinski definition) is 3. The number of Topliss-reactive ketones (excluding diaryl/α,β-unsaturated/α-hetero) is 1. The van der Waals surface area contributed by atoms with Crippen molar-refractivity contribution in [2.24, 2.45) is 5.92 Å². The van der Waals surface area contributed by atoms with Crippen molar-refractivity contribution in [1.29, 1.82) is 0 Å².